The standard InChI is InChI=1S/B3H5N3.Li/c1-4-2-6-3-5-1;/h1-5H;/q-1;+1. The molecule has 7 heavy (non-hydrogen) atoms. The van der Waals surface area contributed by atoms with Gasteiger partial charge in [0.25, 0.3) is 7.55 Å². The van der Waals surface area contributed by atoms with Crippen LogP contribution in [0.5, 0.6) is 0 Å². The molecule has 3 nitrogen and oxygen atoms in total. The second-order valence-electron chi connectivity index (χ2n) is 1.22. The molecule has 0 saturated carbocycles. The van der Waals surface area contributed by atoms with Crippen molar-refractivity contribution in [1.29, 1.82) is 0 Å². The fraction of sp³-hybridized carbons (Fsp3) is 0. The molecule has 2 N–H and O–H groups in total. The minimum Gasteiger partial charge on any atom is -0.691 e. The first-order chi connectivity index (χ1) is 3.00. The summed E-state index contributed by atoms with van der Waals surface area (Å²) in [5.41, 5.74) is 0. The summed E-state index contributed by atoms with van der Waals surface area (Å²) in [6.07, 6.45) is 0. The van der Waals surface area contributed by atoms with Crippen LogP contribution in [0.25, 0.3) is 5.14 Å². The largest absolute Gasteiger partial charge is 1.00 e. The van der Waals surface area contributed by atoms with Crippen molar-refractivity contribution in [3.05, 3.63) is 5.14 Å². The van der Waals surface area contributed by atoms with Crippen LogP contribution in [-0.2, 0) is 0 Å². The smallest absolute Gasteiger partial charge is 0.691 e. The Hall–Kier alpha value is 0.672. The molecule has 0 aromatic heterocycles. The Labute approximate surface area is 57.4 Å². The van der Waals surface area contributed by atoms with Crippen molar-refractivity contribution in [2.24, 2.45) is 0 Å². The molecule has 1 rings (SSSR count). The molecule has 1 aliphatic rings. The Morgan fingerprint density at radius 1 is 1.14 bits per heavy atom. The van der Waals surface area contributed by atoms with Gasteiger partial charge < -0.3 is 15.4 Å². The summed E-state index contributed by atoms with van der Waals surface area (Å²) >= 11 is 0. The van der Waals surface area contributed by atoms with E-state index in [2.05, 4.69) is 15.4 Å². The monoisotopic (exact) mass is 87.1 g/mol. The molecule has 1 heterocycles. The maximum Gasteiger partial charge on any atom is 1.00 e. The summed E-state index contributed by atoms with van der Waals surface area (Å²) < 4.78 is 0. The topological polar surface area (TPSA) is 38.2 Å². The molecule has 0 radical (unpaired) electrons. The van der Waals surface area contributed by atoms with Crippen molar-refractivity contribution in [3.63, 3.8) is 0 Å². The minimum atomic E-state index is 0. The summed E-state index contributed by atoms with van der Waals surface area (Å²) in [4.78, 5) is 0. The molecular formula is H5B3LiN3. The summed E-state index contributed by atoms with van der Waals surface area (Å²) in [7, 11) is 2.53. The zero-order chi connectivity index (χ0) is 4.24. The number of nitrogens with zero attached hydrogens (tertiary/aromatic N) is 1. The van der Waals surface area contributed by atoms with Gasteiger partial charge in [0.1, 0.15) is 0 Å². The molecule has 0 aliphatic carbocycles. The predicted octanol–water partition coefficient (Wildman–Crippen LogP) is -5.64. The molecule has 30 valence electrons. The molecule has 1 aliphatic heterocycles. The van der Waals surface area contributed by atoms with Crippen LogP contribution in [0.1, 0.15) is 0 Å². The van der Waals surface area contributed by atoms with Gasteiger partial charge in [-0.1, -0.05) is 0 Å². The van der Waals surface area contributed by atoms with E-state index in [1.807, 2.05) is 0 Å². The maximum atomic E-state index is 3.95. The van der Waals surface area contributed by atoms with Crippen LogP contribution in [0.4, 0.5) is 0 Å². The van der Waals surface area contributed by atoms with Gasteiger partial charge in [-0.05, 0) is 0 Å². The molecule has 0 aromatic carbocycles. The Bertz CT molecular complexity index is 25.7. The maximum absolute atomic E-state index is 3.95. The van der Waals surface area contributed by atoms with Gasteiger partial charge in [0.2, 0.25) is 0 Å². The van der Waals surface area contributed by atoms with E-state index < -0.39 is 0 Å². The van der Waals surface area contributed by atoms with Crippen molar-refractivity contribution in [3.8, 4) is 0 Å². The third-order valence-corrected chi connectivity index (χ3v) is 0.697. The van der Waals surface area contributed by atoms with E-state index in [4.69, 9.17) is 0 Å². The van der Waals surface area contributed by atoms with Crippen molar-refractivity contribution in [2.45, 2.75) is 0 Å². The first-order valence-corrected chi connectivity index (χ1v) is 2.05. The molecule has 0 amide bonds. The Balaban J connectivity index is 0.000000360. The van der Waals surface area contributed by atoms with E-state index >= 15 is 0 Å². The Morgan fingerprint density at radius 2 is 1.71 bits per heavy atom. The van der Waals surface area contributed by atoms with Gasteiger partial charge in [0.05, 0.1) is 15.1 Å². The predicted molar refractivity (Wildman–Crippen MR) is 31.1 cm³/mol. The zero-order valence-corrected chi connectivity index (χ0v) is 4.57. The second-order valence-corrected chi connectivity index (χ2v) is 1.22. The van der Waals surface area contributed by atoms with Crippen LogP contribution in [0, 0.1) is 0 Å². The molecule has 1 saturated heterocycles. The number of hydrogen-bond acceptors (Lipinski definition) is 2. The van der Waals surface area contributed by atoms with E-state index in [1.165, 1.54) is 0 Å². The first kappa shape index (κ1) is 7.67. The fourth-order valence-electron chi connectivity index (χ4n) is 0.414. The molecule has 0 bridgehead atoms. The average Bonchev–Trinajstić information content (AvgIpc) is 1.72. The SMILES string of the molecule is B1[N-]BNBN1.[Li+]. The van der Waals surface area contributed by atoms with E-state index in [-0.39, 0.29) is 18.9 Å². The van der Waals surface area contributed by atoms with Gasteiger partial charge >= 0.3 is 18.9 Å². The number of rotatable bonds is 0. The van der Waals surface area contributed by atoms with Gasteiger partial charge in [-0.15, -0.1) is 0 Å². The summed E-state index contributed by atoms with van der Waals surface area (Å²) in [5.74, 6) is 0. The summed E-state index contributed by atoms with van der Waals surface area (Å²) in [5, 5.41) is 9.97. The summed E-state index contributed by atoms with van der Waals surface area (Å²) in [6.45, 7) is 0. The quantitative estimate of drug-likeness (QED) is 0.289. The average molecular weight is 86.4 g/mol. The van der Waals surface area contributed by atoms with Gasteiger partial charge in [-0.3, -0.25) is 0 Å². The molecule has 1 fully saturated rings. The van der Waals surface area contributed by atoms with Crippen LogP contribution in [0.3, 0.4) is 0 Å². The normalized spacial score (nSPS) is 17.1. The molecule has 0 unspecified atom stereocenters. The van der Waals surface area contributed by atoms with Crippen molar-refractivity contribution in [2.75, 3.05) is 0 Å². The third kappa shape index (κ3) is 3.27. The van der Waals surface area contributed by atoms with Crippen LogP contribution >= 0.6 is 0 Å². The van der Waals surface area contributed by atoms with Crippen molar-refractivity contribution < 1.29 is 18.9 Å². The van der Waals surface area contributed by atoms with Crippen LogP contribution in [0.15, 0.2) is 0 Å². The van der Waals surface area contributed by atoms with Gasteiger partial charge in [0.15, 0.2) is 0 Å². The minimum absolute atomic E-state index is 0. The van der Waals surface area contributed by atoms with Crippen LogP contribution in [0.2, 0.25) is 0 Å². The molecule has 0 atom stereocenters. The van der Waals surface area contributed by atoms with Gasteiger partial charge in [-0.25, -0.2) is 0 Å². The van der Waals surface area contributed by atoms with Crippen molar-refractivity contribution >= 4 is 22.6 Å². The van der Waals surface area contributed by atoms with E-state index in [0.717, 1.165) is 22.6 Å². The van der Waals surface area contributed by atoms with E-state index in [1.54, 1.807) is 0 Å². The molecule has 0 spiro atoms. The number of hydrogen-bond donors (Lipinski definition) is 2. The number of nitrogens with one attached hydrogen (secondary N) is 2. The molecular weight excluding hydrogens is 81.4 g/mol. The first-order valence-electron chi connectivity index (χ1n) is 2.05. The Morgan fingerprint density at radius 3 is 1.86 bits per heavy atom. The molecule has 0 aromatic rings. The van der Waals surface area contributed by atoms with E-state index in [0.29, 0.717) is 0 Å². The molecule has 7 heteroatoms. The zero-order valence-electron chi connectivity index (χ0n) is 4.57. The van der Waals surface area contributed by atoms with Crippen molar-refractivity contribution in [1.82, 2.24) is 10.3 Å². The Kier molecular flexibility index (Phi) is 5.29. The summed E-state index contributed by atoms with van der Waals surface area (Å²) in [6, 6.07) is 0. The van der Waals surface area contributed by atoms with Crippen LogP contribution in [-0.4, -0.2) is 22.6 Å². The third-order valence-electron chi connectivity index (χ3n) is 0.697. The van der Waals surface area contributed by atoms with Crippen LogP contribution < -0.4 is 29.1 Å². The van der Waals surface area contributed by atoms with Gasteiger partial charge in [0, 0.05) is 0 Å². The second kappa shape index (κ2) is 4.82. The van der Waals surface area contributed by atoms with E-state index in [9.17, 15) is 0 Å². The fourth-order valence-corrected chi connectivity index (χ4v) is 0.414. The van der Waals surface area contributed by atoms with Gasteiger partial charge in [-0.2, -0.15) is 0 Å².